The summed E-state index contributed by atoms with van der Waals surface area (Å²) in [4.78, 5) is 39.1. The van der Waals surface area contributed by atoms with Crippen LogP contribution in [0.2, 0.25) is 20.1 Å². The van der Waals surface area contributed by atoms with Gasteiger partial charge in [0.25, 0.3) is 11.8 Å². The summed E-state index contributed by atoms with van der Waals surface area (Å²) in [7, 11) is 0. The van der Waals surface area contributed by atoms with Gasteiger partial charge in [0.1, 0.15) is 15.5 Å². The Balaban J connectivity index is 1.09. The fourth-order valence-corrected chi connectivity index (χ4v) is 7.65. The highest BCUT2D eigenvalue weighted by atomic mass is 35.5. The van der Waals surface area contributed by atoms with Crippen molar-refractivity contribution in [3.8, 4) is 5.75 Å². The minimum Gasteiger partial charge on any atom is -0.422 e. The lowest BCUT2D eigenvalue weighted by Gasteiger charge is -2.07. The van der Waals surface area contributed by atoms with Crippen molar-refractivity contribution in [1.82, 2.24) is 5.43 Å². The van der Waals surface area contributed by atoms with Crippen LogP contribution in [0.15, 0.2) is 90.0 Å². The van der Waals surface area contributed by atoms with Gasteiger partial charge in [-0.05, 0) is 60.7 Å². The number of thiophene rings is 2. The molecule has 0 aliphatic heterocycles. The van der Waals surface area contributed by atoms with Crippen molar-refractivity contribution in [2.45, 2.75) is 0 Å². The van der Waals surface area contributed by atoms with Crippen LogP contribution in [-0.4, -0.2) is 24.0 Å². The van der Waals surface area contributed by atoms with Crippen molar-refractivity contribution < 1.29 is 19.1 Å². The zero-order valence-corrected chi connectivity index (χ0v) is 27.2. The second-order valence-electron chi connectivity index (χ2n) is 9.43. The average Bonchev–Trinajstić information content (AvgIpc) is 3.53. The predicted octanol–water partition coefficient (Wildman–Crippen LogP) is 9.96. The van der Waals surface area contributed by atoms with Gasteiger partial charge >= 0.3 is 5.97 Å². The van der Waals surface area contributed by atoms with E-state index in [9.17, 15) is 14.4 Å². The number of hydrogen-bond acceptors (Lipinski definition) is 7. The van der Waals surface area contributed by atoms with E-state index in [2.05, 4.69) is 15.8 Å². The van der Waals surface area contributed by atoms with Crippen LogP contribution in [0.1, 0.15) is 35.3 Å². The zero-order chi connectivity index (χ0) is 31.7. The molecule has 0 spiro atoms. The molecule has 0 aliphatic carbocycles. The number of hydrazone groups is 1. The van der Waals surface area contributed by atoms with E-state index in [4.69, 9.17) is 51.1 Å². The van der Waals surface area contributed by atoms with Crippen LogP contribution in [-0.2, 0) is 0 Å². The van der Waals surface area contributed by atoms with Gasteiger partial charge in [0.15, 0.2) is 0 Å². The molecule has 0 fully saturated rings. The monoisotopic (exact) mass is 711 g/mol. The van der Waals surface area contributed by atoms with Gasteiger partial charge in [0, 0.05) is 47.0 Å². The summed E-state index contributed by atoms with van der Waals surface area (Å²) in [6.45, 7) is 0. The first-order valence-electron chi connectivity index (χ1n) is 13.0. The number of nitrogens with one attached hydrogen (secondary N) is 2. The van der Waals surface area contributed by atoms with E-state index in [0.29, 0.717) is 42.1 Å². The first kappa shape index (κ1) is 31.0. The SMILES string of the molecule is O=C(N/N=C\c1ccccc1OC(=O)c1sc2cc(Cl)ccc2c1Cl)c1ccc(NC(=O)c2sc3cc(Cl)ccc3c2Cl)cc1. The third-order valence-corrected chi connectivity index (χ3v) is 10.2. The maximum Gasteiger partial charge on any atom is 0.355 e. The van der Waals surface area contributed by atoms with Crippen LogP contribution in [0.25, 0.3) is 20.2 Å². The van der Waals surface area contributed by atoms with Crippen LogP contribution in [0, 0.1) is 0 Å². The van der Waals surface area contributed by atoms with Gasteiger partial charge < -0.3 is 10.1 Å². The Morgan fingerprint density at radius 3 is 1.98 bits per heavy atom. The number of amides is 2. The Labute approximate surface area is 283 Å². The van der Waals surface area contributed by atoms with Crippen molar-refractivity contribution in [3.63, 3.8) is 0 Å². The minimum absolute atomic E-state index is 0.231. The van der Waals surface area contributed by atoms with Gasteiger partial charge in [-0.3, -0.25) is 9.59 Å². The van der Waals surface area contributed by atoms with Crippen molar-refractivity contribution in [2.24, 2.45) is 5.10 Å². The first-order chi connectivity index (χ1) is 21.7. The number of carbonyl (C=O) groups is 3. The van der Waals surface area contributed by atoms with E-state index in [0.717, 1.165) is 14.8 Å². The molecule has 0 atom stereocenters. The lowest BCUT2D eigenvalue weighted by atomic mass is 10.2. The van der Waals surface area contributed by atoms with Crippen LogP contribution >= 0.6 is 69.1 Å². The maximum absolute atomic E-state index is 13.0. The van der Waals surface area contributed by atoms with E-state index >= 15 is 0 Å². The lowest BCUT2D eigenvalue weighted by molar-refractivity contribution is 0.0739. The van der Waals surface area contributed by atoms with E-state index in [1.807, 2.05) is 0 Å². The van der Waals surface area contributed by atoms with Crippen LogP contribution in [0.5, 0.6) is 5.75 Å². The number of nitrogens with zero attached hydrogens (tertiary/aromatic N) is 1. The molecule has 4 aromatic carbocycles. The van der Waals surface area contributed by atoms with E-state index < -0.39 is 11.9 Å². The normalized spacial score (nSPS) is 11.3. The van der Waals surface area contributed by atoms with Gasteiger partial charge in [-0.2, -0.15) is 5.10 Å². The molecule has 2 heterocycles. The fourth-order valence-electron chi connectivity index (χ4n) is 4.30. The molecule has 224 valence electrons. The molecule has 2 aromatic heterocycles. The van der Waals surface area contributed by atoms with E-state index in [1.165, 1.54) is 28.9 Å². The van der Waals surface area contributed by atoms with Crippen molar-refractivity contribution >= 4 is 119 Å². The summed E-state index contributed by atoms with van der Waals surface area (Å²) < 4.78 is 7.19. The Hall–Kier alpha value is -3.96. The van der Waals surface area contributed by atoms with Crippen LogP contribution in [0.4, 0.5) is 5.69 Å². The maximum atomic E-state index is 13.0. The summed E-state index contributed by atoms with van der Waals surface area (Å²) in [5.74, 6) is -1.27. The molecule has 0 saturated heterocycles. The topological polar surface area (TPSA) is 96.9 Å². The summed E-state index contributed by atoms with van der Waals surface area (Å²) >= 11 is 27.4. The quantitative estimate of drug-likeness (QED) is 0.0745. The first-order valence-corrected chi connectivity index (χ1v) is 16.1. The number of para-hydroxylation sites is 1. The smallest absolute Gasteiger partial charge is 0.355 e. The molecule has 0 unspecified atom stereocenters. The second kappa shape index (κ2) is 13.2. The molecule has 6 rings (SSSR count). The average molecular weight is 713 g/mol. The number of anilines is 1. The van der Waals surface area contributed by atoms with Gasteiger partial charge in [-0.25, -0.2) is 10.2 Å². The second-order valence-corrected chi connectivity index (χ2v) is 13.2. The minimum atomic E-state index is -0.631. The number of benzene rings is 4. The number of esters is 1. The fraction of sp³-hybridized carbons (Fsp3) is 0. The molecule has 2 N–H and O–H groups in total. The molecular weight excluding hydrogens is 696 g/mol. The van der Waals surface area contributed by atoms with E-state index in [1.54, 1.807) is 84.9 Å². The summed E-state index contributed by atoms with van der Waals surface area (Å²) in [5.41, 5.74) is 3.68. The molecule has 0 saturated carbocycles. The van der Waals surface area contributed by atoms with Gasteiger partial charge in [-0.1, -0.05) is 70.7 Å². The Bertz CT molecular complexity index is 2160. The number of rotatable bonds is 7. The van der Waals surface area contributed by atoms with Gasteiger partial charge in [0.2, 0.25) is 0 Å². The number of fused-ring (bicyclic) bond motifs is 2. The molecular formula is C32H17Cl4N3O4S2. The molecule has 0 bridgehead atoms. The molecule has 2 amide bonds. The molecule has 7 nitrogen and oxygen atoms in total. The van der Waals surface area contributed by atoms with E-state index in [-0.39, 0.29) is 21.6 Å². The van der Waals surface area contributed by atoms with Crippen molar-refractivity contribution in [2.75, 3.05) is 5.32 Å². The largest absolute Gasteiger partial charge is 0.422 e. The highest BCUT2D eigenvalue weighted by Crippen LogP contribution is 2.38. The molecule has 0 radical (unpaired) electrons. The standard InChI is InChI=1S/C32H17Cl4N3O4S2/c33-18-7-11-21-24(13-18)44-28(26(21)35)31(41)38-20-9-5-16(6-10-20)30(40)39-37-15-17-3-1-2-4-23(17)43-32(42)29-27(36)22-12-8-19(34)14-25(22)45-29/h1-15H,(H,38,41)(H,39,40)/b37-15-. The number of ether oxygens (including phenoxy) is 1. The third kappa shape index (κ3) is 6.69. The number of hydrogen-bond donors (Lipinski definition) is 2. The lowest BCUT2D eigenvalue weighted by Crippen LogP contribution is -2.18. The molecule has 6 aromatic rings. The van der Waals surface area contributed by atoms with Gasteiger partial charge in [-0.15, -0.1) is 22.7 Å². The van der Waals surface area contributed by atoms with Crippen molar-refractivity contribution in [3.05, 3.63) is 126 Å². The molecule has 45 heavy (non-hydrogen) atoms. The van der Waals surface area contributed by atoms with Crippen LogP contribution < -0.4 is 15.5 Å². The summed E-state index contributed by atoms with van der Waals surface area (Å²) in [6, 6.07) is 23.4. The molecule has 13 heteroatoms. The number of carbonyl (C=O) groups excluding carboxylic acids is 3. The Morgan fingerprint density at radius 1 is 0.711 bits per heavy atom. The highest BCUT2D eigenvalue weighted by Gasteiger charge is 2.21. The summed E-state index contributed by atoms with van der Waals surface area (Å²) in [6.07, 6.45) is 1.36. The zero-order valence-electron chi connectivity index (χ0n) is 22.6. The van der Waals surface area contributed by atoms with Crippen LogP contribution in [0.3, 0.4) is 0 Å². The van der Waals surface area contributed by atoms with Crippen molar-refractivity contribution in [1.29, 1.82) is 0 Å². The Kier molecular flexibility index (Phi) is 9.09. The third-order valence-electron chi connectivity index (χ3n) is 6.47. The van der Waals surface area contributed by atoms with Gasteiger partial charge in [0.05, 0.1) is 16.3 Å². The molecule has 0 aliphatic rings. The predicted molar refractivity (Wildman–Crippen MR) is 185 cm³/mol. The Morgan fingerprint density at radius 2 is 1.31 bits per heavy atom. The summed E-state index contributed by atoms with van der Waals surface area (Å²) in [5, 5.41) is 9.99. The highest BCUT2D eigenvalue weighted by molar-refractivity contribution is 7.22. The number of halogens is 4.